The van der Waals surface area contributed by atoms with Crippen LogP contribution >= 0.6 is 11.6 Å². The molecule has 0 radical (unpaired) electrons. The van der Waals surface area contributed by atoms with Crippen LogP contribution in [0.3, 0.4) is 0 Å². The predicted molar refractivity (Wildman–Crippen MR) is 86.8 cm³/mol. The largest absolute Gasteiger partial charge is 0.306 e. The number of hydrogen-bond acceptors (Lipinski definition) is 3. The molecule has 0 bridgehead atoms. The maximum Gasteiger partial charge on any atom is 0.282 e. The van der Waals surface area contributed by atoms with Crippen LogP contribution in [0.2, 0.25) is 0 Å². The van der Waals surface area contributed by atoms with Crippen molar-refractivity contribution in [1.29, 1.82) is 0 Å². The van der Waals surface area contributed by atoms with Crippen molar-refractivity contribution in [2.45, 2.75) is 38.1 Å². The van der Waals surface area contributed by atoms with Crippen molar-refractivity contribution >= 4 is 21.8 Å². The molecule has 0 aromatic carbocycles. The lowest BCUT2D eigenvalue weighted by atomic mass is 9.97. The van der Waals surface area contributed by atoms with Crippen molar-refractivity contribution in [2.75, 3.05) is 46.2 Å². The Bertz CT molecular complexity index is 424. The third-order valence-corrected chi connectivity index (χ3v) is 7.16. The highest BCUT2D eigenvalue weighted by atomic mass is 35.5. The van der Waals surface area contributed by atoms with Crippen LogP contribution in [0.25, 0.3) is 0 Å². The Balaban J connectivity index is 1.97. The molecule has 0 spiro atoms. The quantitative estimate of drug-likeness (QED) is 0.716. The van der Waals surface area contributed by atoms with Gasteiger partial charge in [-0.05, 0) is 51.7 Å². The van der Waals surface area contributed by atoms with Crippen molar-refractivity contribution in [3.63, 3.8) is 0 Å². The van der Waals surface area contributed by atoms with E-state index in [-0.39, 0.29) is 6.04 Å². The number of rotatable bonds is 5. The zero-order chi connectivity index (χ0) is 15.5. The van der Waals surface area contributed by atoms with Crippen LogP contribution in [0.5, 0.6) is 0 Å². The van der Waals surface area contributed by atoms with Crippen LogP contribution in [0.1, 0.15) is 32.1 Å². The van der Waals surface area contributed by atoms with Crippen molar-refractivity contribution in [3.05, 3.63) is 0 Å². The summed E-state index contributed by atoms with van der Waals surface area (Å²) in [6, 6.07) is -0.0367. The number of alkyl halides is 1. The van der Waals surface area contributed by atoms with Gasteiger partial charge in [-0.2, -0.15) is 17.0 Å². The highest BCUT2D eigenvalue weighted by molar-refractivity contribution is 7.86. The van der Waals surface area contributed by atoms with Gasteiger partial charge in [0.15, 0.2) is 0 Å². The minimum atomic E-state index is -3.37. The molecule has 7 heteroatoms. The van der Waals surface area contributed by atoms with Gasteiger partial charge < -0.3 is 4.90 Å². The summed E-state index contributed by atoms with van der Waals surface area (Å²) in [5, 5.41) is 0. The second-order valence-electron chi connectivity index (χ2n) is 6.45. The SMILES string of the molecule is CN1CCC(CN(C)S(=O)(=O)N2CCCCC2CCl)CC1. The average Bonchev–Trinajstić information content (AvgIpc) is 2.49. The van der Waals surface area contributed by atoms with Crippen LogP contribution in [-0.2, 0) is 10.2 Å². The van der Waals surface area contributed by atoms with Crippen LogP contribution in [0.15, 0.2) is 0 Å². The van der Waals surface area contributed by atoms with E-state index in [2.05, 4.69) is 11.9 Å². The van der Waals surface area contributed by atoms with Crippen molar-refractivity contribution in [2.24, 2.45) is 5.92 Å². The van der Waals surface area contributed by atoms with Gasteiger partial charge in [0.25, 0.3) is 10.2 Å². The molecule has 2 aliphatic rings. The summed E-state index contributed by atoms with van der Waals surface area (Å²) in [6.07, 6.45) is 5.05. The topological polar surface area (TPSA) is 43.9 Å². The minimum Gasteiger partial charge on any atom is -0.306 e. The summed E-state index contributed by atoms with van der Waals surface area (Å²) < 4.78 is 28.7. The summed E-state index contributed by atoms with van der Waals surface area (Å²) in [6.45, 7) is 3.36. The first-order chi connectivity index (χ1) is 9.95. The molecule has 0 aromatic heterocycles. The van der Waals surface area contributed by atoms with E-state index in [1.807, 2.05) is 0 Å². The molecule has 21 heavy (non-hydrogen) atoms. The number of hydrogen-bond donors (Lipinski definition) is 0. The summed E-state index contributed by atoms with van der Waals surface area (Å²) in [5.41, 5.74) is 0. The molecular weight excluding hydrogens is 310 g/mol. The van der Waals surface area contributed by atoms with Gasteiger partial charge in [-0.15, -0.1) is 11.6 Å². The Hall–Kier alpha value is 0.120. The molecule has 0 saturated carbocycles. The number of piperidine rings is 2. The molecule has 2 rings (SSSR count). The maximum atomic E-state index is 12.8. The van der Waals surface area contributed by atoms with Gasteiger partial charge in [0.05, 0.1) is 0 Å². The fourth-order valence-electron chi connectivity index (χ4n) is 3.31. The second kappa shape index (κ2) is 7.59. The first-order valence-electron chi connectivity index (χ1n) is 7.92. The normalized spacial score (nSPS) is 27.3. The van der Waals surface area contributed by atoms with Gasteiger partial charge in [0, 0.05) is 32.1 Å². The first-order valence-corrected chi connectivity index (χ1v) is 9.86. The monoisotopic (exact) mass is 337 g/mol. The molecule has 2 aliphatic heterocycles. The molecule has 1 unspecified atom stereocenters. The molecule has 0 N–H and O–H groups in total. The maximum absolute atomic E-state index is 12.8. The highest BCUT2D eigenvalue weighted by Crippen LogP contribution is 2.25. The lowest BCUT2D eigenvalue weighted by Gasteiger charge is -2.38. The molecule has 5 nitrogen and oxygen atoms in total. The Kier molecular flexibility index (Phi) is 6.32. The lowest BCUT2D eigenvalue weighted by Crippen LogP contribution is -2.51. The van der Waals surface area contributed by atoms with Crippen LogP contribution in [0, 0.1) is 5.92 Å². The van der Waals surface area contributed by atoms with Crippen LogP contribution < -0.4 is 0 Å². The molecule has 2 saturated heterocycles. The molecule has 2 fully saturated rings. The fourth-order valence-corrected chi connectivity index (χ4v) is 5.39. The van der Waals surface area contributed by atoms with Crippen molar-refractivity contribution in [1.82, 2.24) is 13.5 Å². The molecule has 0 amide bonds. The Morgan fingerprint density at radius 1 is 1.14 bits per heavy atom. The summed E-state index contributed by atoms with van der Waals surface area (Å²) in [5.74, 6) is 0.863. The number of nitrogens with zero attached hydrogens (tertiary/aromatic N) is 3. The average molecular weight is 338 g/mol. The lowest BCUT2D eigenvalue weighted by molar-refractivity contribution is 0.194. The second-order valence-corrected chi connectivity index (χ2v) is 8.75. The van der Waals surface area contributed by atoms with E-state index in [4.69, 9.17) is 11.6 Å². The molecule has 0 aliphatic carbocycles. The molecular formula is C14H28ClN3O2S. The van der Waals surface area contributed by atoms with E-state index < -0.39 is 10.2 Å². The van der Waals surface area contributed by atoms with E-state index >= 15 is 0 Å². The summed E-state index contributed by atoms with van der Waals surface area (Å²) in [4.78, 5) is 2.30. The van der Waals surface area contributed by atoms with E-state index in [9.17, 15) is 8.42 Å². The standard InChI is InChI=1S/C14H28ClN3O2S/c1-16-9-6-13(7-10-16)12-17(2)21(19,20)18-8-4-3-5-14(18)11-15/h13-14H,3-12H2,1-2H3. The summed E-state index contributed by atoms with van der Waals surface area (Å²) in [7, 11) is 0.469. The Morgan fingerprint density at radius 3 is 2.43 bits per heavy atom. The van der Waals surface area contributed by atoms with Gasteiger partial charge in [0.2, 0.25) is 0 Å². The van der Waals surface area contributed by atoms with Crippen molar-refractivity contribution < 1.29 is 8.42 Å². The smallest absolute Gasteiger partial charge is 0.282 e. The van der Waals surface area contributed by atoms with Gasteiger partial charge in [-0.1, -0.05) is 6.42 Å². The number of halogens is 1. The van der Waals surface area contributed by atoms with E-state index in [1.54, 1.807) is 15.7 Å². The first kappa shape index (κ1) is 17.5. The van der Waals surface area contributed by atoms with Gasteiger partial charge >= 0.3 is 0 Å². The molecule has 1 atom stereocenters. The molecule has 0 aromatic rings. The van der Waals surface area contributed by atoms with Crippen molar-refractivity contribution in [3.8, 4) is 0 Å². The predicted octanol–water partition coefficient (Wildman–Crippen LogP) is 1.60. The third kappa shape index (κ3) is 4.32. The fraction of sp³-hybridized carbons (Fsp3) is 1.00. The van der Waals surface area contributed by atoms with E-state index in [0.29, 0.717) is 24.9 Å². The summed E-state index contributed by atoms with van der Waals surface area (Å²) >= 11 is 5.96. The highest BCUT2D eigenvalue weighted by Gasteiger charge is 2.35. The molecule has 2 heterocycles. The van der Waals surface area contributed by atoms with E-state index in [1.165, 1.54) is 0 Å². The minimum absolute atomic E-state index is 0.0367. The zero-order valence-corrected chi connectivity index (χ0v) is 14.7. The Labute approximate surface area is 134 Å². The van der Waals surface area contributed by atoms with Crippen LogP contribution in [-0.4, -0.2) is 74.1 Å². The zero-order valence-electron chi connectivity index (χ0n) is 13.2. The van der Waals surface area contributed by atoms with Gasteiger partial charge in [-0.25, -0.2) is 0 Å². The van der Waals surface area contributed by atoms with Gasteiger partial charge in [-0.3, -0.25) is 0 Å². The third-order valence-electron chi connectivity index (χ3n) is 4.79. The Morgan fingerprint density at radius 2 is 1.81 bits per heavy atom. The molecule has 124 valence electrons. The number of likely N-dealkylation sites (tertiary alicyclic amines) is 1. The van der Waals surface area contributed by atoms with Gasteiger partial charge in [0.1, 0.15) is 0 Å². The van der Waals surface area contributed by atoms with Crippen LogP contribution in [0.4, 0.5) is 0 Å². The van der Waals surface area contributed by atoms with E-state index in [0.717, 1.165) is 45.2 Å².